The van der Waals surface area contributed by atoms with Crippen LogP contribution < -0.4 is 5.32 Å². The average molecular weight is 360 g/mol. The van der Waals surface area contributed by atoms with Crippen LogP contribution in [0.4, 0.5) is 17.1 Å². The summed E-state index contributed by atoms with van der Waals surface area (Å²) in [4.78, 5) is 42.7. The highest BCUT2D eigenvalue weighted by molar-refractivity contribution is 6.04. The summed E-state index contributed by atoms with van der Waals surface area (Å²) < 4.78 is 0. The van der Waals surface area contributed by atoms with E-state index >= 15 is 0 Å². The van der Waals surface area contributed by atoms with Gasteiger partial charge in [-0.05, 0) is 24.3 Å². The van der Waals surface area contributed by atoms with E-state index in [4.69, 9.17) is 0 Å². The third-order valence-corrected chi connectivity index (χ3v) is 2.89. The molecular formula is C16H16N4O6. The van der Waals surface area contributed by atoms with Crippen LogP contribution >= 0.6 is 0 Å². The Labute approximate surface area is 148 Å². The second-order valence-corrected chi connectivity index (χ2v) is 5.13. The quantitative estimate of drug-likeness (QED) is 0.494. The van der Waals surface area contributed by atoms with Gasteiger partial charge in [-0.25, -0.2) is 0 Å². The van der Waals surface area contributed by atoms with Crippen LogP contribution in [-0.2, 0) is 4.79 Å². The second kappa shape index (κ2) is 9.47. The minimum absolute atomic E-state index is 0.0802. The molecule has 0 aliphatic rings. The molecule has 0 aliphatic carbocycles. The average Bonchev–Trinajstić information content (AvgIpc) is 2.62. The van der Waals surface area contributed by atoms with Crippen molar-refractivity contribution in [3.05, 3.63) is 74.3 Å². The molecule has 10 nitrogen and oxygen atoms in total. The molecule has 0 saturated heterocycles. The van der Waals surface area contributed by atoms with Gasteiger partial charge in [-0.15, -0.1) is 0 Å². The predicted molar refractivity (Wildman–Crippen MR) is 93.9 cm³/mol. The molecule has 0 bridgehead atoms. The smallest absolute Gasteiger partial charge is 0.269 e. The Balaban J connectivity index is 0.000000597. The normalized spacial score (nSPS) is 9.31. The number of nitrogens with zero attached hydrogens (tertiary/aromatic N) is 3. The molecule has 2 amide bonds. The summed E-state index contributed by atoms with van der Waals surface area (Å²) in [6.45, 7) is 0. The number of nitro groups is 2. The highest BCUT2D eigenvalue weighted by Gasteiger charge is 2.10. The van der Waals surface area contributed by atoms with Gasteiger partial charge in [0.15, 0.2) is 0 Å². The van der Waals surface area contributed by atoms with Gasteiger partial charge in [0, 0.05) is 49.6 Å². The zero-order valence-electron chi connectivity index (χ0n) is 14.0. The number of rotatable bonds is 5. The Morgan fingerprint density at radius 2 is 1.31 bits per heavy atom. The van der Waals surface area contributed by atoms with Crippen molar-refractivity contribution in [2.45, 2.75) is 0 Å². The number of carbonyl (C=O) groups excluding carboxylic acids is 2. The SMILES string of the molecule is CN(C)C=O.O=C(Nc1ccc([N+](=O)[O-])cc1)c1ccc([N+](=O)[O-])cc1. The van der Waals surface area contributed by atoms with Gasteiger partial charge in [-0.3, -0.25) is 29.8 Å². The van der Waals surface area contributed by atoms with Crippen molar-refractivity contribution in [1.29, 1.82) is 0 Å². The number of hydrogen-bond acceptors (Lipinski definition) is 6. The molecule has 26 heavy (non-hydrogen) atoms. The Morgan fingerprint density at radius 3 is 1.65 bits per heavy atom. The van der Waals surface area contributed by atoms with Crippen LogP contribution in [0.5, 0.6) is 0 Å². The molecule has 136 valence electrons. The zero-order valence-corrected chi connectivity index (χ0v) is 14.0. The molecule has 2 rings (SSSR count). The van der Waals surface area contributed by atoms with Gasteiger partial charge in [-0.1, -0.05) is 0 Å². The molecule has 0 spiro atoms. The van der Waals surface area contributed by atoms with Gasteiger partial charge in [0.2, 0.25) is 6.41 Å². The van der Waals surface area contributed by atoms with Crippen LogP contribution in [-0.4, -0.2) is 41.2 Å². The topological polar surface area (TPSA) is 136 Å². The highest BCUT2D eigenvalue weighted by atomic mass is 16.6. The van der Waals surface area contributed by atoms with Crippen LogP contribution in [0.25, 0.3) is 0 Å². The van der Waals surface area contributed by atoms with Crippen LogP contribution in [0, 0.1) is 20.2 Å². The summed E-state index contributed by atoms with van der Waals surface area (Å²) in [6, 6.07) is 10.5. The lowest BCUT2D eigenvalue weighted by Crippen LogP contribution is -2.11. The van der Waals surface area contributed by atoms with E-state index in [0.29, 0.717) is 5.69 Å². The summed E-state index contributed by atoms with van der Waals surface area (Å²) in [5.41, 5.74) is 0.452. The lowest BCUT2D eigenvalue weighted by atomic mass is 10.2. The molecule has 0 radical (unpaired) electrons. The first-order valence-electron chi connectivity index (χ1n) is 7.16. The summed E-state index contributed by atoms with van der Waals surface area (Å²) >= 11 is 0. The Morgan fingerprint density at radius 1 is 0.923 bits per heavy atom. The molecule has 0 fully saturated rings. The number of non-ortho nitro benzene ring substituents is 2. The fourth-order valence-corrected chi connectivity index (χ4v) is 1.60. The van der Waals surface area contributed by atoms with Gasteiger partial charge < -0.3 is 10.2 Å². The van der Waals surface area contributed by atoms with E-state index in [1.54, 1.807) is 14.1 Å². The summed E-state index contributed by atoms with van der Waals surface area (Å²) in [6.07, 6.45) is 0.750. The van der Waals surface area contributed by atoms with E-state index in [9.17, 15) is 29.8 Å². The van der Waals surface area contributed by atoms with Crippen molar-refractivity contribution in [3.8, 4) is 0 Å². The van der Waals surface area contributed by atoms with Crippen molar-refractivity contribution in [2.75, 3.05) is 19.4 Å². The zero-order chi connectivity index (χ0) is 19.7. The molecule has 0 unspecified atom stereocenters. The number of hydrogen-bond donors (Lipinski definition) is 1. The maximum Gasteiger partial charge on any atom is 0.269 e. The summed E-state index contributed by atoms with van der Waals surface area (Å²) in [5.74, 6) is -0.459. The minimum Gasteiger partial charge on any atom is -0.351 e. The highest BCUT2D eigenvalue weighted by Crippen LogP contribution is 2.17. The lowest BCUT2D eigenvalue weighted by molar-refractivity contribution is -0.385. The van der Waals surface area contributed by atoms with Gasteiger partial charge in [0.25, 0.3) is 17.3 Å². The Kier molecular flexibility index (Phi) is 7.37. The predicted octanol–water partition coefficient (Wildman–Crippen LogP) is 2.46. The van der Waals surface area contributed by atoms with Crippen molar-refractivity contribution in [2.24, 2.45) is 0 Å². The van der Waals surface area contributed by atoms with Crippen molar-refractivity contribution in [3.63, 3.8) is 0 Å². The third-order valence-electron chi connectivity index (χ3n) is 2.89. The van der Waals surface area contributed by atoms with Crippen LogP contribution in [0.2, 0.25) is 0 Å². The van der Waals surface area contributed by atoms with Gasteiger partial charge >= 0.3 is 0 Å². The minimum atomic E-state index is -0.558. The third kappa shape index (κ3) is 6.35. The van der Waals surface area contributed by atoms with E-state index in [2.05, 4.69) is 5.32 Å². The van der Waals surface area contributed by atoms with Crippen LogP contribution in [0.15, 0.2) is 48.5 Å². The monoisotopic (exact) mass is 360 g/mol. The number of benzene rings is 2. The second-order valence-electron chi connectivity index (χ2n) is 5.13. The van der Waals surface area contributed by atoms with Crippen LogP contribution in [0.3, 0.4) is 0 Å². The van der Waals surface area contributed by atoms with Crippen molar-refractivity contribution >= 4 is 29.4 Å². The largest absolute Gasteiger partial charge is 0.351 e. The van der Waals surface area contributed by atoms with E-state index in [1.807, 2.05) is 0 Å². The van der Waals surface area contributed by atoms with Gasteiger partial charge in [0.1, 0.15) is 0 Å². The molecule has 0 atom stereocenters. The van der Waals surface area contributed by atoms with E-state index < -0.39 is 15.8 Å². The molecule has 0 aromatic heterocycles. The summed E-state index contributed by atoms with van der Waals surface area (Å²) in [5, 5.41) is 23.6. The maximum absolute atomic E-state index is 11.9. The standard InChI is InChI=1S/C13H9N3O5.C3H7NO/c17-13(9-1-5-11(6-2-9)15(18)19)14-10-3-7-12(8-4-10)16(20)21;1-4(2)3-5/h1-8H,(H,14,17);3H,1-2H3. The first-order valence-corrected chi connectivity index (χ1v) is 7.16. The fourth-order valence-electron chi connectivity index (χ4n) is 1.60. The van der Waals surface area contributed by atoms with E-state index in [1.165, 1.54) is 53.4 Å². The number of anilines is 1. The molecule has 0 aliphatic heterocycles. The maximum atomic E-state index is 11.9. The van der Waals surface area contributed by atoms with Crippen molar-refractivity contribution in [1.82, 2.24) is 4.90 Å². The van der Waals surface area contributed by atoms with E-state index in [-0.39, 0.29) is 16.9 Å². The molecule has 1 N–H and O–H groups in total. The molecule has 0 saturated carbocycles. The first kappa shape index (κ1) is 20.2. The lowest BCUT2D eigenvalue weighted by Gasteiger charge is -2.04. The fraction of sp³-hybridized carbons (Fsp3) is 0.125. The number of amides is 2. The number of carbonyl (C=O) groups is 2. The van der Waals surface area contributed by atoms with E-state index in [0.717, 1.165) is 6.41 Å². The molecule has 2 aromatic rings. The van der Waals surface area contributed by atoms with Gasteiger partial charge in [0.05, 0.1) is 9.85 Å². The Bertz CT molecular complexity index is 787. The molecular weight excluding hydrogens is 344 g/mol. The summed E-state index contributed by atoms with van der Waals surface area (Å²) in [7, 11) is 3.38. The van der Waals surface area contributed by atoms with Crippen LogP contribution in [0.1, 0.15) is 10.4 Å². The Hall–Kier alpha value is -3.82. The molecule has 2 aromatic carbocycles. The van der Waals surface area contributed by atoms with Crippen molar-refractivity contribution < 1.29 is 19.4 Å². The molecule has 10 heteroatoms. The number of nitro benzene ring substituents is 2. The van der Waals surface area contributed by atoms with Gasteiger partial charge in [-0.2, -0.15) is 0 Å². The molecule has 0 heterocycles. The first-order chi connectivity index (χ1) is 12.2. The number of nitrogens with one attached hydrogen (secondary N) is 1.